The van der Waals surface area contributed by atoms with E-state index in [4.69, 9.17) is 4.74 Å². The van der Waals surface area contributed by atoms with E-state index in [9.17, 15) is 9.59 Å². The molecule has 0 spiro atoms. The number of amides is 1. The highest BCUT2D eigenvalue weighted by atomic mass is 16.5. The normalized spacial score (nSPS) is 10.2. The molecule has 0 fully saturated rings. The van der Waals surface area contributed by atoms with Crippen LogP contribution in [0.1, 0.15) is 32.3 Å². The van der Waals surface area contributed by atoms with Crippen LogP contribution in [-0.4, -0.2) is 18.0 Å². The van der Waals surface area contributed by atoms with E-state index in [1.165, 1.54) is 0 Å². The van der Waals surface area contributed by atoms with E-state index in [0.29, 0.717) is 0 Å². The minimum absolute atomic E-state index is 0.107. The lowest BCUT2D eigenvalue weighted by Crippen LogP contribution is -2.16. The first-order valence-corrected chi connectivity index (χ1v) is 6.03. The van der Waals surface area contributed by atoms with Gasteiger partial charge in [0, 0.05) is 12.1 Å². The zero-order chi connectivity index (χ0) is 13.5. The van der Waals surface area contributed by atoms with Crippen molar-refractivity contribution in [3.05, 3.63) is 29.8 Å². The Morgan fingerprint density at radius 2 is 1.78 bits per heavy atom. The Morgan fingerprint density at radius 1 is 1.17 bits per heavy atom. The van der Waals surface area contributed by atoms with Crippen LogP contribution < -0.4 is 5.32 Å². The number of hydrogen-bond donors (Lipinski definition) is 1. The smallest absolute Gasteiger partial charge is 0.306 e. The minimum Gasteiger partial charge on any atom is -0.463 e. The molecule has 0 saturated carbocycles. The van der Waals surface area contributed by atoms with Gasteiger partial charge in [-0.05, 0) is 32.9 Å². The third kappa shape index (κ3) is 5.48. The van der Waals surface area contributed by atoms with Gasteiger partial charge >= 0.3 is 5.97 Å². The van der Waals surface area contributed by atoms with Crippen LogP contribution in [0.4, 0.5) is 5.69 Å². The van der Waals surface area contributed by atoms with Gasteiger partial charge in [-0.3, -0.25) is 9.59 Å². The lowest BCUT2D eigenvalue weighted by molar-refractivity contribution is -0.148. The molecule has 0 bridgehead atoms. The highest BCUT2D eigenvalue weighted by Crippen LogP contribution is 2.09. The number of benzene rings is 1. The van der Waals surface area contributed by atoms with Crippen LogP contribution in [0, 0.1) is 6.92 Å². The standard InChI is InChI=1S/C14H19NO3/c1-10(2)18-14(17)9-8-13(16)15-12-6-4-11(3)5-7-12/h4-7,10H,8-9H2,1-3H3,(H,15,16). The van der Waals surface area contributed by atoms with Crippen LogP contribution in [0.5, 0.6) is 0 Å². The molecule has 4 nitrogen and oxygen atoms in total. The van der Waals surface area contributed by atoms with Crippen LogP contribution in [0.15, 0.2) is 24.3 Å². The van der Waals surface area contributed by atoms with Crippen molar-refractivity contribution in [1.82, 2.24) is 0 Å². The van der Waals surface area contributed by atoms with E-state index in [1.54, 1.807) is 13.8 Å². The summed E-state index contributed by atoms with van der Waals surface area (Å²) in [7, 11) is 0. The number of esters is 1. The van der Waals surface area contributed by atoms with Gasteiger partial charge in [0.05, 0.1) is 12.5 Å². The van der Waals surface area contributed by atoms with E-state index >= 15 is 0 Å². The Morgan fingerprint density at radius 3 is 2.33 bits per heavy atom. The molecule has 0 heterocycles. The molecule has 1 rings (SSSR count). The molecule has 0 aliphatic rings. The SMILES string of the molecule is Cc1ccc(NC(=O)CCC(=O)OC(C)C)cc1. The number of carbonyl (C=O) groups excluding carboxylic acids is 2. The molecule has 0 aliphatic heterocycles. The molecule has 0 aliphatic carbocycles. The van der Waals surface area contributed by atoms with Crippen molar-refractivity contribution < 1.29 is 14.3 Å². The van der Waals surface area contributed by atoms with Crippen molar-refractivity contribution in [1.29, 1.82) is 0 Å². The van der Waals surface area contributed by atoms with Crippen LogP contribution in [-0.2, 0) is 14.3 Å². The summed E-state index contributed by atoms with van der Waals surface area (Å²) in [6.45, 7) is 5.54. The van der Waals surface area contributed by atoms with Crippen LogP contribution in [0.2, 0.25) is 0 Å². The summed E-state index contributed by atoms with van der Waals surface area (Å²) in [4.78, 5) is 22.8. The second kappa shape index (κ2) is 6.79. The first-order valence-electron chi connectivity index (χ1n) is 6.03. The summed E-state index contributed by atoms with van der Waals surface area (Å²) in [6, 6.07) is 7.50. The highest BCUT2D eigenvalue weighted by Gasteiger charge is 2.09. The number of rotatable bonds is 5. The first kappa shape index (κ1) is 14.2. The molecular formula is C14H19NO3. The van der Waals surface area contributed by atoms with Gasteiger partial charge in [0.15, 0.2) is 0 Å². The monoisotopic (exact) mass is 249 g/mol. The van der Waals surface area contributed by atoms with Gasteiger partial charge in [-0.25, -0.2) is 0 Å². The maximum Gasteiger partial charge on any atom is 0.306 e. The van der Waals surface area contributed by atoms with Crippen LogP contribution in [0.25, 0.3) is 0 Å². The van der Waals surface area contributed by atoms with E-state index in [2.05, 4.69) is 5.32 Å². The Balaban J connectivity index is 2.34. The number of nitrogens with one attached hydrogen (secondary N) is 1. The van der Waals surface area contributed by atoms with Gasteiger partial charge in [-0.1, -0.05) is 17.7 Å². The Hall–Kier alpha value is -1.84. The predicted molar refractivity (Wildman–Crippen MR) is 70.3 cm³/mol. The quantitative estimate of drug-likeness (QED) is 0.816. The number of carbonyl (C=O) groups is 2. The molecular weight excluding hydrogens is 230 g/mol. The predicted octanol–water partition coefficient (Wildman–Crippen LogP) is 2.67. The van der Waals surface area contributed by atoms with Crippen LogP contribution >= 0.6 is 0 Å². The van der Waals surface area contributed by atoms with Crippen molar-refractivity contribution in [3.63, 3.8) is 0 Å². The topological polar surface area (TPSA) is 55.4 Å². The van der Waals surface area contributed by atoms with Gasteiger partial charge in [0.25, 0.3) is 0 Å². The summed E-state index contributed by atoms with van der Waals surface area (Å²) in [5, 5.41) is 2.73. The third-order valence-electron chi connectivity index (χ3n) is 2.26. The van der Waals surface area contributed by atoms with Gasteiger partial charge in [-0.15, -0.1) is 0 Å². The molecule has 0 atom stereocenters. The van der Waals surface area contributed by atoms with Gasteiger partial charge in [-0.2, -0.15) is 0 Å². The highest BCUT2D eigenvalue weighted by molar-refractivity contribution is 5.92. The molecule has 0 radical (unpaired) electrons. The van der Waals surface area contributed by atoms with Crippen molar-refractivity contribution in [2.45, 2.75) is 39.7 Å². The summed E-state index contributed by atoms with van der Waals surface area (Å²) >= 11 is 0. The maximum absolute atomic E-state index is 11.6. The van der Waals surface area contributed by atoms with Crippen molar-refractivity contribution in [2.75, 3.05) is 5.32 Å². The van der Waals surface area contributed by atoms with E-state index in [-0.39, 0.29) is 30.8 Å². The lowest BCUT2D eigenvalue weighted by Gasteiger charge is -2.08. The summed E-state index contributed by atoms with van der Waals surface area (Å²) in [5.74, 6) is -0.524. The second-order valence-electron chi connectivity index (χ2n) is 4.45. The Kier molecular flexibility index (Phi) is 5.36. The van der Waals surface area contributed by atoms with E-state index in [1.807, 2.05) is 31.2 Å². The fourth-order valence-electron chi connectivity index (χ4n) is 1.40. The zero-order valence-corrected chi connectivity index (χ0v) is 11.0. The number of hydrogen-bond acceptors (Lipinski definition) is 3. The lowest BCUT2D eigenvalue weighted by atomic mass is 10.2. The van der Waals surface area contributed by atoms with Crippen molar-refractivity contribution >= 4 is 17.6 Å². The van der Waals surface area contributed by atoms with E-state index in [0.717, 1.165) is 11.3 Å². The summed E-state index contributed by atoms with van der Waals surface area (Å²) in [6.07, 6.45) is 0.104. The van der Waals surface area contributed by atoms with Gasteiger partial charge in [0.1, 0.15) is 0 Å². The Labute approximate surface area is 107 Å². The number of ether oxygens (including phenoxy) is 1. The minimum atomic E-state index is -0.343. The fourth-order valence-corrected chi connectivity index (χ4v) is 1.40. The fraction of sp³-hybridized carbons (Fsp3) is 0.429. The van der Waals surface area contributed by atoms with Gasteiger partial charge < -0.3 is 10.1 Å². The summed E-state index contributed by atoms with van der Waals surface area (Å²) in [5.41, 5.74) is 1.87. The summed E-state index contributed by atoms with van der Waals surface area (Å²) < 4.78 is 4.95. The molecule has 98 valence electrons. The number of aryl methyl sites for hydroxylation is 1. The number of anilines is 1. The average molecular weight is 249 g/mol. The largest absolute Gasteiger partial charge is 0.463 e. The molecule has 1 aromatic rings. The average Bonchev–Trinajstić information content (AvgIpc) is 2.29. The van der Waals surface area contributed by atoms with Crippen LogP contribution in [0.3, 0.4) is 0 Å². The molecule has 1 aromatic carbocycles. The van der Waals surface area contributed by atoms with E-state index < -0.39 is 0 Å². The molecule has 1 amide bonds. The zero-order valence-electron chi connectivity index (χ0n) is 11.0. The first-order chi connectivity index (χ1) is 8.47. The molecule has 4 heteroatoms. The Bertz CT molecular complexity index is 410. The molecule has 0 aromatic heterocycles. The van der Waals surface area contributed by atoms with Crippen molar-refractivity contribution in [2.24, 2.45) is 0 Å². The second-order valence-corrected chi connectivity index (χ2v) is 4.45. The maximum atomic E-state index is 11.6. The molecule has 0 unspecified atom stereocenters. The van der Waals surface area contributed by atoms with Crippen molar-refractivity contribution in [3.8, 4) is 0 Å². The molecule has 0 saturated heterocycles. The van der Waals surface area contributed by atoms with Gasteiger partial charge in [0.2, 0.25) is 5.91 Å². The molecule has 1 N–H and O–H groups in total. The third-order valence-corrected chi connectivity index (χ3v) is 2.26. The molecule has 18 heavy (non-hydrogen) atoms.